The van der Waals surface area contributed by atoms with Crippen LogP contribution >= 0.6 is 0 Å². The van der Waals surface area contributed by atoms with Crippen LogP contribution in [0.15, 0.2) is 91.1 Å². The first-order valence-corrected chi connectivity index (χ1v) is 10.0. The van der Waals surface area contributed by atoms with Gasteiger partial charge in [0, 0.05) is 0 Å². The van der Waals surface area contributed by atoms with Gasteiger partial charge in [-0.2, -0.15) is 0 Å². The van der Waals surface area contributed by atoms with Crippen LogP contribution in [0.25, 0.3) is 41.7 Å². The number of hydrogen-bond acceptors (Lipinski definition) is 1. The van der Waals surface area contributed by atoms with Crippen LogP contribution in [0.5, 0.6) is 0 Å². The standard InChI is InChI=1S/C23H15NSe/c1-2-7-16(8-3-1)17-12-13-22-20(15-17)18-9-6-10-19(23(18)25-22)21-11-4-5-14-24-21/h1-15H. The van der Waals surface area contributed by atoms with Crippen LogP contribution in [0.2, 0.25) is 0 Å². The molecule has 118 valence electrons. The molecule has 0 saturated heterocycles. The van der Waals surface area contributed by atoms with Gasteiger partial charge in [0.05, 0.1) is 0 Å². The molecule has 0 N–H and O–H groups in total. The summed E-state index contributed by atoms with van der Waals surface area (Å²) in [4.78, 5) is 4.56. The van der Waals surface area contributed by atoms with E-state index in [9.17, 15) is 0 Å². The van der Waals surface area contributed by atoms with Crippen molar-refractivity contribution in [1.29, 1.82) is 0 Å². The Morgan fingerprint density at radius 2 is 1.52 bits per heavy atom. The molecule has 1 nitrogen and oxygen atoms in total. The van der Waals surface area contributed by atoms with Crippen molar-refractivity contribution in [2.45, 2.75) is 0 Å². The molecular formula is C23H15NSe. The zero-order valence-electron chi connectivity index (χ0n) is 13.5. The second-order valence-corrected chi connectivity index (χ2v) is 8.28. The Hall–Kier alpha value is -2.67. The number of fused-ring (bicyclic) bond motifs is 3. The van der Waals surface area contributed by atoms with Crippen molar-refractivity contribution in [3.8, 4) is 22.4 Å². The van der Waals surface area contributed by atoms with E-state index in [1.165, 1.54) is 36.0 Å². The van der Waals surface area contributed by atoms with Crippen LogP contribution in [-0.4, -0.2) is 19.5 Å². The first-order valence-electron chi connectivity index (χ1n) is 8.32. The molecule has 5 aromatic rings. The van der Waals surface area contributed by atoms with Crippen molar-refractivity contribution in [1.82, 2.24) is 4.98 Å². The van der Waals surface area contributed by atoms with Gasteiger partial charge in [0.2, 0.25) is 0 Å². The van der Waals surface area contributed by atoms with Crippen LogP contribution in [0, 0.1) is 0 Å². The molecule has 0 spiro atoms. The number of aromatic nitrogens is 1. The molecule has 0 aliphatic carbocycles. The van der Waals surface area contributed by atoms with E-state index >= 15 is 0 Å². The second kappa shape index (κ2) is 6.00. The number of hydrogen-bond donors (Lipinski definition) is 0. The van der Waals surface area contributed by atoms with Crippen LogP contribution < -0.4 is 0 Å². The summed E-state index contributed by atoms with van der Waals surface area (Å²) in [6.07, 6.45) is 1.87. The van der Waals surface area contributed by atoms with Crippen molar-refractivity contribution in [3.05, 3.63) is 91.1 Å². The Bertz CT molecular complexity index is 1170. The van der Waals surface area contributed by atoms with Gasteiger partial charge in [-0.15, -0.1) is 0 Å². The number of nitrogens with zero attached hydrogens (tertiary/aromatic N) is 1. The van der Waals surface area contributed by atoms with Gasteiger partial charge in [-0.3, -0.25) is 0 Å². The molecule has 2 aromatic heterocycles. The maximum absolute atomic E-state index is 4.56. The van der Waals surface area contributed by atoms with Crippen LogP contribution in [0.1, 0.15) is 0 Å². The Morgan fingerprint density at radius 1 is 0.640 bits per heavy atom. The normalized spacial score (nSPS) is 11.2. The van der Waals surface area contributed by atoms with Gasteiger partial charge in [-0.25, -0.2) is 0 Å². The van der Waals surface area contributed by atoms with Gasteiger partial charge >= 0.3 is 152 Å². The molecule has 5 rings (SSSR count). The first kappa shape index (κ1) is 14.7. The van der Waals surface area contributed by atoms with Crippen LogP contribution in [0.3, 0.4) is 0 Å². The summed E-state index contributed by atoms with van der Waals surface area (Å²) in [5, 5.41) is 2.75. The Balaban J connectivity index is 1.77. The van der Waals surface area contributed by atoms with Crippen molar-refractivity contribution in [2.24, 2.45) is 0 Å². The predicted molar refractivity (Wildman–Crippen MR) is 107 cm³/mol. The number of rotatable bonds is 2. The monoisotopic (exact) mass is 385 g/mol. The molecule has 0 bridgehead atoms. The predicted octanol–water partition coefficient (Wildman–Crippen LogP) is 5.78. The topological polar surface area (TPSA) is 12.9 Å². The fourth-order valence-electron chi connectivity index (χ4n) is 3.33. The molecule has 0 fully saturated rings. The van der Waals surface area contributed by atoms with Gasteiger partial charge in [0.25, 0.3) is 0 Å². The molecule has 0 aliphatic heterocycles. The number of pyridine rings is 1. The maximum atomic E-state index is 4.56. The minimum absolute atomic E-state index is 0.327. The average Bonchev–Trinajstić information content (AvgIpc) is 3.07. The quantitative estimate of drug-likeness (QED) is 0.352. The van der Waals surface area contributed by atoms with Crippen molar-refractivity contribution in [2.75, 3.05) is 0 Å². The molecule has 2 heteroatoms. The van der Waals surface area contributed by atoms with Gasteiger partial charge in [-0.05, 0) is 0 Å². The van der Waals surface area contributed by atoms with E-state index in [1.807, 2.05) is 12.3 Å². The molecule has 0 aliphatic rings. The SMILES string of the molecule is c1ccc(-c2ccc3[se]c4c(-c5ccccn5)cccc4c3c2)cc1. The van der Waals surface area contributed by atoms with Gasteiger partial charge in [0.15, 0.2) is 0 Å². The Morgan fingerprint density at radius 3 is 2.36 bits per heavy atom. The summed E-state index contributed by atoms with van der Waals surface area (Å²) >= 11 is 0.327. The fourth-order valence-corrected chi connectivity index (χ4v) is 5.86. The van der Waals surface area contributed by atoms with Gasteiger partial charge in [-0.1, -0.05) is 0 Å². The van der Waals surface area contributed by atoms with E-state index in [4.69, 9.17) is 0 Å². The van der Waals surface area contributed by atoms with Crippen molar-refractivity contribution >= 4 is 33.8 Å². The molecule has 0 saturated carbocycles. The number of benzene rings is 3. The van der Waals surface area contributed by atoms with Crippen LogP contribution in [0.4, 0.5) is 0 Å². The van der Waals surface area contributed by atoms with E-state index in [0.717, 1.165) is 5.69 Å². The van der Waals surface area contributed by atoms with Gasteiger partial charge in [0.1, 0.15) is 0 Å². The molecule has 0 amide bonds. The summed E-state index contributed by atoms with van der Waals surface area (Å²) < 4.78 is 2.92. The van der Waals surface area contributed by atoms with E-state index in [1.54, 1.807) is 0 Å². The summed E-state index contributed by atoms with van der Waals surface area (Å²) in [5.41, 5.74) is 4.89. The zero-order chi connectivity index (χ0) is 16.6. The van der Waals surface area contributed by atoms with Crippen molar-refractivity contribution < 1.29 is 0 Å². The molecular weight excluding hydrogens is 369 g/mol. The summed E-state index contributed by atoms with van der Waals surface area (Å²) in [6, 6.07) is 30.3. The van der Waals surface area contributed by atoms with E-state index < -0.39 is 0 Å². The third-order valence-corrected chi connectivity index (χ3v) is 7.10. The minimum atomic E-state index is 0.327. The third kappa shape index (κ3) is 2.51. The molecule has 25 heavy (non-hydrogen) atoms. The molecule has 3 aromatic carbocycles. The van der Waals surface area contributed by atoms with Crippen LogP contribution in [-0.2, 0) is 0 Å². The first-order chi connectivity index (χ1) is 12.4. The van der Waals surface area contributed by atoms with Gasteiger partial charge < -0.3 is 0 Å². The second-order valence-electron chi connectivity index (χ2n) is 6.08. The fraction of sp³-hybridized carbons (Fsp3) is 0. The molecule has 0 radical (unpaired) electrons. The zero-order valence-corrected chi connectivity index (χ0v) is 15.2. The van der Waals surface area contributed by atoms with Crippen molar-refractivity contribution in [3.63, 3.8) is 0 Å². The third-order valence-electron chi connectivity index (χ3n) is 4.54. The van der Waals surface area contributed by atoms with E-state index in [2.05, 4.69) is 83.8 Å². The summed E-state index contributed by atoms with van der Waals surface area (Å²) in [6.45, 7) is 0. The molecule has 0 atom stereocenters. The average molecular weight is 384 g/mol. The molecule has 2 heterocycles. The van der Waals surface area contributed by atoms with E-state index in [0.29, 0.717) is 14.5 Å². The van der Waals surface area contributed by atoms with E-state index in [-0.39, 0.29) is 0 Å². The Labute approximate surface area is 152 Å². The molecule has 0 unspecified atom stereocenters. The summed E-state index contributed by atoms with van der Waals surface area (Å²) in [5.74, 6) is 0. The Kier molecular flexibility index (Phi) is 3.52. The summed E-state index contributed by atoms with van der Waals surface area (Å²) in [7, 11) is 0.